The number of nitrogens with zero attached hydrogens (tertiary/aromatic N) is 4. The Morgan fingerprint density at radius 2 is 2.40 bits per heavy atom. The van der Waals surface area contributed by atoms with Gasteiger partial charge in [-0.1, -0.05) is 0 Å². The van der Waals surface area contributed by atoms with E-state index in [4.69, 9.17) is 4.42 Å². The minimum Gasteiger partial charge on any atom is -0.400 e. The molecule has 0 spiro atoms. The first kappa shape index (κ1) is 13.9. The maximum absolute atomic E-state index is 11.7. The van der Waals surface area contributed by atoms with Gasteiger partial charge in [0.2, 0.25) is 0 Å². The van der Waals surface area contributed by atoms with E-state index in [0.29, 0.717) is 4.47 Å². The third-order valence-electron chi connectivity index (χ3n) is 2.15. The minimum absolute atomic E-state index is 0.150. The van der Waals surface area contributed by atoms with Crippen molar-refractivity contribution in [2.24, 2.45) is 12.1 Å². The highest BCUT2D eigenvalue weighted by Gasteiger charge is 2.14. The molecule has 0 aromatic carbocycles. The van der Waals surface area contributed by atoms with Crippen molar-refractivity contribution in [3.63, 3.8) is 0 Å². The van der Waals surface area contributed by atoms with Gasteiger partial charge in [-0.3, -0.25) is 19.6 Å². The summed E-state index contributed by atoms with van der Waals surface area (Å²) < 4.78 is 6.83. The van der Waals surface area contributed by atoms with Gasteiger partial charge in [-0.05, 0) is 22.0 Å². The topological polar surface area (TPSA) is 116 Å². The molecule has 1 amide bonds. The fourth-order valence-electron chi connectivity index (χ4n) is 1.33. The summed E-state index contributed by atoms with van der Waals surface area (Å²) in [5.74, 6) is -0.767. The van der Waals surface area contributed by atoms with Gasteiger partial charge >= 0.3 is 5.88 Å². The first-order valence-electron chi connectivity index (χ1n) is 5.24. The second-order valence-electron chi connectivity index (χ2n) is 3.63. The number of nitro groups is 1. The van der Waals surface area contributed by atoms with Gasteiger partial charge in [-0.25, -0.2) is 5.43 Å². The molecule has 0 radical (unpaired) electrons. The molecule has 9 nitrogen and oxygen atoms in total. The number of amides is 1. The molecule has 2 rings (SSSR count). The number of halogens is 1. The van der Waals surface area contributed by atoms with Crippen molar-refractivity contribution in [2.45, 2.75) is 0 Å². The van der Waals surface area contributed by atoms with E-state index in [9.17, 15) is 14.9 Å². The van der Waals surface area contributed by atoms with E-state index in [0.717, 1.165) is 6.21 Å². The summed E-state index contributed by atoms with van der Waals surface area (Å²) in [7, 11) is 1.67. The van der Waals surface area contributed by atoms with Crippen LogP contribution in [0.25, 0.3) is 0 Å². The lowest BCUT2D eigenvalue weighted by Crippen LogP contribution is -2.18. The molecule has 0 fully saturated rings. The normalized spacial score (nSPS) is 10.9. The molecule has 2 heterocycles. The number of carbonyl (C=O) groups excluding carboxylic acids is 1. The second kappa shape index (κ2) is 5.65. The summed E-state index contributed by atoms with van der Waals surface area (Å²) in [5, 5.41) is 18.0. The third-order valence-corrected chi connectivity index (χ3v) is 2.73. The Morgan fingerprint density at radius 3 is 2.95 bits per heavy atom. The van der Waals surface area contributed by atoms with Gasteiger partial charge in [0.25, 0.3) is 5.91 Å². The van der Waals surface area contributed by atoms with Crippen molar-refractivity contribution in [1.29, 1.82) is 0 Å². The molecule has 104 valence electrons. The van der Waals surface area contributed by atoms with Crippen LogP contribution in [-0.4, -0.2) is 26.8 Å². The number of carbonyl (C=O) groups is 1. The van der Waals surface area contributed by atoms with Crippen molar-refractivity contribution in [3.8, 4) is 0 Å². The summed E-state index contributed by atoms with van der Waals surface area (Å²) in [5.41, 5.74) is 2.41. The number of rotatable bonds is 4. The number of aryl methyl sites for hydroxylation is 1. The van der Waals surface area contributed by atoms with E-state index in [1.54, 1.807) is 13.2 Å². The van der Waals surface area contributed by atoms with E-state index in [2.05, 4.69) is 31.6 Å². The average molecular weight is 342 g/mol. The standard InChI is InChI=1S/C10H8BrN5O4/c1-15-5-7(11)9(14-15)10(17)13-12-4-6-2-3-8(20-6)16(18)19/h2-5H,1H3,(H,13,17). The fourth-order valence-corrected chi connectivity index (χ4v) is 1.89. The Morgan fingerprint density at radius 1 is 1.65 bits per heavy atom. The molecule has 0 aliphatic carbocycles. The zero-order valence-electron chi connectivity index (χ0n) is 10.1. The maximum Gasteiger partial charge on any atom is 0.433 e. The van der Waals surface area contributed by atoms with Crippen molar-refractivity contribution < 1.29 is 14.1 Å². The minimum atomic E-state index is -0.666. The summed E-state index contributed by atoms with van der Waals surface area (Å²) in [6.45, 7) is 0. The van der Waals surface area contributed by atoms with Crippen LogP contribution in [0.3, 0.4) is 0 Å². The van der Waals surface area contributed by atoms with Crippen molar-refractivity contribution in [2.75, 3.05) is 0 Å². The van der Waals surface area contributed by atoms with Gasteiger partial charge in [0.05, 0.1) is 16.8 Å². The molecular formula is C10H8BrN5O4. The second-order valence-corrected chi connectivity index (χ2v) is 4.49. The number of hydrazone groups is 1. The Hall–Kier alpha value is -2.49. The van der Waals surface area contributed by atoms with Gasteiger partial charge in [-0.15, -0.1) is 0 Å². The van der Waals surface area contributed by atoms with Crippen LogP contribution in [0.4, 0.5) is 5.88 Å². The molecule has 0 saturated heterocycles. The highest BCUT2D eigenvalue weighted by molar-refractivity contribution is 9.10. The number of hydrogen-bond donors (Lipinski definition) is 1. The molecular weight excluding hydrogens is 334 g/mol. The van der Waals surface area contributed by atoms with E-state index in [1.165, 1.54) is 16.8 Å². The number of hydrogen-bond acceptors (Lipinski definition) is 6. The summed E-state index contributed by atoms with van der Waals surface area (Å²) >= 11 is 3.18. The lowest BCUT2D eigenvalue weighted by molar-refractivity contribution is -0.402. The van der Waals surface area contributed by atoms with E-state index in [1.807, 2.05) is 0 Å². The molecule has 0 aliphatic rings. The van der Waals surface area contributed by atoms with Crippen LogP contribution in [0.2, 0.25) is 0 Å². The molecule has 0 aliphatic heterocycles. The van der Waals surface area contributed by atoms with E-state index in [-0.39, 0.29) is 11.5 Å². The quantitative estimate of drug-likeness (QED) is 0.513. The molecule has 1 N–H and O–H groups in total. The van der Waals surface area contributed by atoms with Crippen LogP contribution in [0.15, 0.2) is 32.3 Å². The Bertz CT molecular complexity index is 690. The van der Waals surface area contributed by atoms with Crippen LogP contribution in [0.5, 0.6) is 0 Å². The Balaban J connectivity index is 2.00. The summed E-state index contributed by atoms with van der Waals surface area (Å²) in [6, 6.07) is 2.56. The third kappa shape index (κ3) is 3.09. The van der Waals surface area contributed by atoms with Gasteiger partial charge in [0.1, 0.15) is 4.92 Å². The largest absolute Gasteiger partial charge is 0.433 e. The van der Waals surface area contributed by atoms with Crippen LogP contribution < -0.4 is 5.43 Å². The zero-order chi connectivity index (χ0) is 14.7. The van der Waals surface area contributed by atoms with Crippen molar-refractivity contribution >= 4 is 33.9 Å². The Labute approximate surface area is 120 Å². The van der Waals surface area contributed by atoms with Crippen molar-refractivity contribution in [3.05, 3.63) is 44.4 Å². The highest BCUT2D eigenvalue weighted by Crippen LogP contribution is 2.14. The van der Waals surface area contributed by atoms with Gasteiger partial charge < -0.3 is 4.42 Å². The summed E-state index contributed by atoms with van der Waals surface area (Å²) in [4.78, 5) is 21.5. The molecule has 2 aromatic rings. The average Bonchev–Trinajstić information content (AvgIpc) is 2.96. The predicted molar refractivity (Wildman–Crippen MR) is 71.3 cm³/mol. The van der Waals surface area contributed by atoms with Gasteiger partial charge in [0, 0.05) is 13.2 Å². The van der Waals surface area contributed by atoms with Crippen molar-refractivity contribution in [1.82, 2.24) is 15.2 Å². The first-order valence-corrected chi connectivity index (χ1v) is 6.03. The van der Waals surface area contributed by atoms with Crippen LogP contribution in [0.1, 0.15) is 16.2 Å². The number of nitrogens with one attached hydrogen (secondary N) is 1. The molecule has 0 saturated carbocycles. The van der Waals surface area contributed by atoms with Gasteiger partial charge in [-0.2, -0.15) is 10.2 Å². The predicted octanol–water partition coefficient (Wildman–Crippen LogP) is 1.45. The molecule has 10 heteroatoms. The monoisotopic (exact) mass is 341 g/mol. The smallest absolute Gasteiger partial charge is 0.400 e. The van der Waals surface area contributed by atoms with Crippen LogP contribution >= 0.6 is 15.9 Å². The Kier molecular flexibility index (Phi) is 3.94. The first-order chi connectivity index (χ1) is 9.47. The highest BCUT2D eigenvalue weighted by atomic mass is 79.9. The van der Waals surface area contributed by atoms with E-state index < -0.39 is 16.7 Å². The molecule has 20 heavy (non-hydrogen) atoms. The zero-order valence-corrected chi connectivity index (χ0v) is 11.7. The molecule has 0 atom stereocenters. The van der Waals surface area contributed by atoms with E-state index >= 15 is 0 Å². The van der Waals surface area contributed by atoms with Gasteiger partial charge in [0.15, 0.2) is 11.5 Å². The fraction of sp³-hybridized carbons (Fsp3) is 0.100. The van der Waals surface area contributed by atoms with Crippen LogP contribution in [0, 0.1) is 10.1 Å². The maximum atomic E-state index is 11.7. The lowest BCUT2D eigenvalue weighted by atomic mass is 10.4. The number of furan rings is 1. The lowest BCUT2D eigenvalue weighted by Gasteiger charge is -1.95. The summed E-state index contributed by atoms with van der Waals surface area (Å²) in [6.07, 6.45) is 2.77. The SMILES string of the molecule is Cn1cc(Br)c(C(=O)NN=Cc2ccc([N+](=O)[O-])o2)n1. The molecule has 0 bridgehead atoms. The molecule has 2 aromatic heterocycles. The van der Waals surface area contributed by atoms with Crippen LogP contribution in [-0.2, 0) is 7.05 Å². The number of aromatic nitrogens is 2. The molecule has 0 unspecified atom stereocenters.